The van der Waals surface area contributed by atoms with Crippen LogP contribution in [0.4, 0.5) is 0 Å². The molecule has 0 amide bonds. The van der Waals surface area contributed by atoms with Crippen LogP contribution in [0, 0.1) is 6.92 Å². The standard InChI is InChI=1S/C12H17NO2/c1-9-6-11(8-15-9)12(13-2)10-4-3-5-14-7-10/h6-8,12-13H,3-5H2,1-2H3. The van der Waals surface area contributed by atoms with Crippen LogP contribution in [0.15, 0.2) is 28.6 Å². The summed E-state index contributed by atoms with van der Waals surface area (Å²) in [7, 11) is 1.96. The van der Waals surface area contributed by atoms with Crippen LogP contribution >= 0.6 is 0 Å². The van der Waals surface area contributed by atoms with E-state index in [2.05, 4.69) is 11.4 Å². The summed E-state index contributed by atoms with van der Waals surface area (Å²) >= 11 is 0. The Balaban J connectivity index is 2.19. The van der Waals surface area contributed by atoms with Gasteiger partial charge in [0.05, 0.1) is 25.2 Å². The zero-order valence-electron chi connectivity index (χ0n) is 9.25. The van der Waals surface area contributed by atoms with Crippen LogP contribution in [0.3, 0.4) is 0 Å². The van der Waals surface area contributed by atoms with Gasteiger partial charge in [-0.2, -0.15) is 0 Å². The van der Waals surface area contributed by atoms with Gasteiger partial charge in [0.25, 0.3) is 0 Å². The average Bonchev–Trinajstić information content (AvgIpc) is 2.68. The summed E-state index contributed by atoms with van der Waals surface area (Å²) < 4.78 is 10.7. The Hall–Kier alpha value is -1.22. The summed E-state index contributed by atoms with van der Waals surface area (Å²) in [4.78, 5) is 0. The molecule has 15 heavy (non-hydrogen) atoms. The lowest BCUT2D eigenvalue weighted by Crippen LogP contribution is -2.20. The molecule has 1 aromatic rings. The minimum Gasteiger partial charge on any atom is -0.501 e. The van der Waals surface area contributed by atoms with Gasteiger partial charge in [0.1, 0.15) is 5.76 Å². The van der Waals surface area contributed by atoms with Gasteiger partial charge in [0, 0.05) is 5.56 Å². The Labute approximate surface area is 90.1 Å². The number of aryl methyl sites for hydroxylation is 1. The molecule has 1 atom stereocenters. The predicted octanol–water partition coefficient (Wildman–Crippen LogP) is 2.54. The molecule has 1 aliphatic heterocycles. The van der Waals surface area contributed by atoms with Crippen LogP contribution in [0.25, 0.3) is 0 Å². The van der Waals surface area contributed by atoms with Gasteiger partial charge in [-0.1, -0.05) is 0 Å². The molecule has 2 rings (SSSR count). The third kappa shape index (κ3) is 2.23. The van der Waals surface area contributed by atoms with E-state index in [0.717, 1.165) is 25.2 Å². The van der Waals surface area contributed by atoms with E-state index in [0.29, 0.717) is 0 Å². The van der Waals surface area contributed by atoms with E-state index in [1.165, 1.54) is 11.1 Å². The van der Waals surface area contributed by atoms with Gasteiger partial charge in [0.2, 0.25) is 0 Å². The van der Waals surface area contributed by atoms with E-state index >= 15 is 0 Å². The molecule has 0 saturated carbocycles. The highest BCUT2D eigenvalue weighted by atomic mass is 16.5. The van der Waals surface area contributed by atoms with Crippen molar-refractivity contribution in [1.82, 2.24) is 5.32 Å². The smallest absolute Gasteiger partial charge is 0.101 e. The molecule has 1 unspecified atom stereocenters. The summed E-state index contributed by atoms with van der Waals surface area (Å²) in [5, 5.41) is 3.29. The highest BCUT2D eigenvalue weighted by Crippen LogP contribution is 2.28. The van der Waals surface area contributed by atoms with Gasteiger partial charge in [-0.25, -0.2) is 0 Å². The third-order valence-electron chi connectivity index (χ3n) is 2.71. The molecular formula is C12H17NO2. The molecule has 0 fully saturated rings. The fourth-order valence-corrected chi connectivity index (χ4v) is 1.98. The van der Waals surface area contributed by atoms with Crippen LogP contribution in [0.5, 0.6) is 0 Å². The molecule has 3 heteroatoms. The maximum Gasteiger partial charge on any atom is 0.101 e. The molecule has 1 aliphatic rings. The summed E-state index contributed by atoms with van der Waals surface area (Å²) in [6.45, 7) is 2.80. The summed E-state index contributed by atoms with van der Waals surface area (Å²) in [6, 6.07) is 2.29. The normalized spacial score (nSPS) is 18.1. The van der Waals surface area contributed by atoms with Crippen LogP contribution in [0.2, 0.25) is 0 Å². The second kappa shape index (κ2) is 4.53. The highest BCUT2D eigenvalue weighted by Gasteiger charge is 2.18. The van der Waals surface area contributed by atoms with Crippen molar-refractivity contribution in [3.63, 3.8) is 0 Å². The van der Waals surface area contributed by atoms with E-state index in [4.69, 9.17) is 9.15 Å². The Bertz CT molecular complexity index is 354. The van der Waals surface area contributed by atoms with E-state index in [1.807, 2.05) is 26.5 Å². The van der Waals surface area contributed by atoms with Gasteiger partial charge in [-0.3, -0.25) is 0 Å². The number of rotatable bonds is 3. The maximum absolute atomic E-state index is 5.36. The van der Waals surface area contributed by atoms with Gasteiger partial charge < -0.3 is 14.5 Å². The van der Waals surface area contributed by atoms with Gasteiger partial charge in [-0.05, 0) is 38.5 Å². The van der Waals surface area contributed by atoms with Crippen LogP contribution < -0.4 is 5.32 Å². The van der Waals surface area contributed by atoms with Gasteiger partial charge >= 0.3 is 0 Å². The first-order chi connectivity index (χ1) is 7.31. The van der Waals surface area contributed by atoms with E-state index < -0.39 is 0 Å². The summed E-state index contributed by atoms with van der Waals surface area (Å²) in [5.41, 5.74) is 2.47. The first-order valence-corrected chi connectivity index (χ1v) is 5.34. The highest BCUT2D eigenvalue weighted by molar-refractivity contribution is 5.26. The lowest BCUT2D eigenvalue weighted by Gasteiger charge is -2.21. The predicted molar refractivity (Wildman–Crippen MR) is 58.5 cm³/mol. The minimum absolute atomic E-state index is 0.225. The molecular weight excluding hydrogens is 190 g/mol. The Morgan fingerprint density at radius 1 is 1.47 bits per heavy atom. The SMILES string of the molecule is CNC(C1=COCCC1)c1coc(C)c1. The van der Waals surface area contributed by atoms with Crippen molar-refractivity contribution in [2.75, 3.05) is 13.7 Å². The van der Waals surface area contributed by atoms with Crippen LogP contribution in [0.1, 0.15) is 30.2 Å². The number of ether oxygens (including phenoxy) is 1. The average molecular weight is 207 g/mol. The van der Waals surface area contributed by atoms with Gasteiger partial charge in [0.15, 0.2) is 0 Å². The zero-order chi connectivity index (χ0) is 10.7. The van der Waals surface area contributed by atoms with Crippen molar-refractivity contribution < 1.29 is 9.15 Å². The molecule has 0 aliphatic carbocycles. The van der Waals surface area contributed by atoms with Crippen LogP contribution in [-0.2, 0) is 4.74 Å². The molecule has 0 saturated heterocycles. The van der Waals surface area contributed by atoms with Crippen molar-refractivity contribution in [1.29, 1.82) is 0 Å². The number of likely N-dealkylation sites (N-methyl/N-ethyl adjacent to an activating group) is 1. The van der Waals surface area contributed by atoms with E-state index in [9.17, 15) is 0 Å². The summed E-state index contributed by atoms with van der Waals surface area (Å²) in [6.07, 6.45) is 5.88. The Kier molecular flexibility index (Phi) is 3.11. The number of nitrogens with one attached hydrogen (secondary N) is 1. The minimum atomic E-state index is 0.225. The molecule has 82 valence electrons. The third-order valence-corrected chi connectivity index (χ3v) is 2.71. The second-order valence-electron chi connectivity index (χ2n) is 3.88. The second-order valence-corrected chi connectivity index (χ2v) is 3.88. The van der Waals surface area contributed by atoms with Crippen LogP contribution in [-0.4, -0.2) is 13.7 Å². The Morgan fingerprint density at radius 3 is 2.87 bits per heavy atom. The maximum atomic E-state index is 5.36. The van der Waals surface area contributed by atoms with Gasteiger partial charge in [-0.15, -0.1) is 0 Å². The molecule has 1 aromatic heterocycles. The zero-order valence-corrected chi connectivity index (χ0v) is 9.25. The lowest BCUT2D eigenvalue weighted by molar-refractivity contribution is 0.220. The van der Waals surface area contributed by atoms with E-state index in [1.54, 1.807) is 0 Å². The molecule has 1 N–H and O–H groups in total. The first-order valence-electron chi connectivity index (χ1n) is 5.34. The number of hydrogen-bond donors (Lipinski definition) is 1. The monoisotopic (exact) mass is 207 g/mol. The first kappa shape index (κ1) is 10.3. The number of hydrogen-bond acceptors (Lipinski definition) is 3. The molecule has 0 bridgehead atoms. The van der Waals surface area contributed by atoms with Crippen molar-refractivity contribution in [3.05, 3.63) is 35.5 Å². The van der Waals surface area contributed by atoms with Crippen molar-refractivity contribution >= 4 is 0 Å². The fourth-order valence-electron chi connectivity index (χ4n) is 1.98. The topological polar surface area (TPSA) is 34.4 Å². The fraction of sp³-hybridized carbons (Fsp3) is 0.500. The van der Waals surface area contributed by atoms with Crippen molar-refractivity contribution in [2.24, 2.45) is 0 Å². The van der Waals surface area contributed by atoms with Crippen molar-refractivity contribution in [2.45, 2.75) is 25.8 Å². The molecule has 0 radical (unpaired) electrons. The Morgan fingerprint density at radius 2 is 2.33 bits per heavy atom. The molecule has 0 aromatic carbocycles. The number of furan rings is 1. The van der Waals surface area contributed by atoms with E-state index in [-0.39, 0.29) is 6.04 Å². The summed E-state index contributed by atoms with van der Waals surface area (Å²) in [5.74, 6) is 0.947. The molecule has 3 nitrogen and oxygen atoms in total. The quantitative estimate of drug-likeness (QED) is 0.827. The largest absolute Gasteiger partial charge is 0.501 e. The molecule has 2 heterocycles. The molecule has 0 spiro atoms. The van der Waals surface area contributed by atoms with Crippen molar-refractivity contribution in [3.8, 4) is 0 Å². The lowest BCUT2D eigenvalue weighted by atomic mass is 9.97.